The molecule has 0 spiro atoms. The number of ketones is 1. The minimum atomic E-state index is -2.32. The van der Waals surface area contributed by atoms with Crippen molar-refractivity contribution >= 4 is 36.1 Å². The van der Waals surface area contributed by atoms with Crippen molar-refractivity contribution in [1.29, 1.82) is 0 Å². The van der Waals surface area contributed by atoms with Crippen LogP contribution in [-0.2, 0) is 9.09 Å². The molecule has 0 aromatic heterocycles. The van der Waals surface area contributed by atoms with Crippen molar-refractivity contribution < 1.29 is 13.9 Å². The van der Waals surface area contributed by atoms with E-state index in [1.165, 1.54) is 0 Å². The first kappa shape index (κ1) is 19.8. The van der Waals surface area contributed by atoms with E-state index in [0.717, 1.165) is 22.0 Å². The fraction of sp³-hybridized carbons (Fsp3) is 0.278. The van der Waals surface area contributed by atoms with Gasteiger partial charge in [-0.1, -0.05) is 48.0 Å². The molecule has 0 N–H and O–H groups in total. The van der Waals surface area contributed by atoms with E-state index in [0.29, 0.717) is 5.56 Å². The zero-order valence-corrected chi connectivity index (χ0v) is 16.3. The number of carbonyl (C=O) groups excluding carboxylic acids is 1. The van der Waals surface area contributed by atoms with Crippen LogP contribution in [0.15, 0.2) is 42.5 Å². The number of aryl methyl sites for hydroxylation is 3. The van der Waals surface area contributed by atoms with Crippen LogP contribution in [0.4, 0.5) is 0 Å². The fourth-order valence-corrected chi connectivity index (χ4v) is 3.80. The third-order valence-corrected chi connectivity index (χ3v) is 5.20. The SMILES string of the molecule is Br.Cc1cc(C)c([PH](=O)OCCC(=O)c2ccccc2)c(C)c1. The van der Waals surface area contributed by atoms with Crippen molar-refractivity contribution in [3.05, 3.63) is 64.7 Å². The zero-order valence-electron chi connectivity index (χ0n) is 13.6. The molecule has 0 bridgehead atoms. The summed E-state index contributed by atoms with van der Waals surface area (Å²) in [6, 6.07) is 13.1. The smallest absolute Gasteiger partial charge is 0.221 e. The predicted octanol–water partition coefficient (Wildman–Crippen LogP) is 4.58. The molecule has 1 unspecified atom stereocenters. The molecule has 0 aliphatic rings. The molecule has 3 nitrogen and oxygen atoms in total. The van der Waals surface area contributed by atoms with Gasteiger partial charge in [-0.05, 0) is 31.9 Å². The average Bonchev–Trinajstić information content (AvgIpc) is 2.47. The number of hydrogen-bond donors (Lipinski definition) is 0. The van der Waals surface area contributed by atoms with Crippen LogP contribution in [-0.4, -0.2) is 12.4 Å². The van der Waals surface area contributed by atoms with Crippen LogP contribution in [0, 0.1) is 20.8 Å². The maximum Gasteiger partial charge on any atom is 0.221 e. The van der Waals surface area contributed by atoms with Crippen LogP contribution >= 0.6 is 25.0 Å². The van der Waals surface area contributed by atoms with E-state index < -0.39 is 8.03 Å². The molecule has 0 heterocycles. The number of benzene rings is 2. The number of carbonyl (C=O) groups is 1. The largest absolute Gasteiger partial charge is 0.327 e. The summed E-state index contributed by atoms with van der Waals surface area (Å²) in [4.78, 5) is 12.0. The van der Waals surface area contributed by atoms with Gasteiger partial charge in [0.05, 0.1) is 6.61 Å². The highest BCUT2D eigenvalue weighted by molar-refractivity contribution is 8.93. The Balaban J connectivity index is 0.00000264. The van der Waals surface area contributed by atoms with E-state index in [4.69, 9.17) is 4.52 Å². The number of hydrogen-bond acceptors (Lipinski definition) is 3. The maximum atomic E-state index is 12.4. The number of Topliss-reactive ketones (excluding diaryl/α,β-unsaturated/α-hetero) is 1. The molecule has 0 saturated heterocycles. The van der Waals surface area contributed by atoms with E-state index in [1.807, 2.05) is 51.1 Å². The van der Waals surface area contributed by atoms with Gasteiger partial charge >= 0.3 is 0 Å². The lowest BCUT2D eigenvalue weighted by molar-refractivity contribution is 0.0965. The van der Waals surface area contributed by atoms with Gasteiger partial charge in [-0.3, -0.25) is 9.36 Å². The highest BCUT2D eigenvalue weighted by Gasteiger charge is 2.13. The Morgan fingerprint density at radius 1 is 1.04 bits per heavy atom. The minimum absolute atomic E-state index is 0. The third-order valence-electron chi connectivity index (χ3n) is 3.54. The molecule has 0 aliphatic carbocycles. The molecule has 0 radical (unpaired) electrons. The van der Waals surface area contributed by atoms with Gasteiger partial charge in [-0.2, -0.15) is 0 Å². The van der Waals surface area contributed by atoms with Gasteiger partial charge in [0.15, 0.2) is 5.78 Å². The van der Waals surface area contributed by atoms with Crippen LogP contribution in [0.25, 0.3) is 0 Å². The average molecular weight is 397 g/mol. The van der Waals surface area contributed by atoms with Gasteiger partial charge in [0, 0.05) is 17.3 Å². The summed E-state index contributed by atoms with van der Waals surface area (Å²) in [7, 11) is -2.32. The van der Waals surface area contributed by atoms with Crippen LogP contribution in [0.3, 0.4) is 0 Å². The molecule has 124 valence electrons. The summed E-state index contributed by atoms with van der Waals surface area (Å²) in [5.41, 5.74) is 3.77. The monoisotopic (exact) mass is 396 g/mol. The fourth-order valence-electron chi connectivity index (χ4n) is 2.58. The van der Waals surface area contributed by atoms with E-state index in [2.05, 4.69) is 0 Å². The van der Waals surface area contributed by atoms with Gasteiger partial charge in [-0.25, -0.2) is 0 Å². The van der Waals surface area contributed by atoms with Crippen molar-refractivity contribution in [2.75, 3.05) is 6.61 Å². The quantitative estimate of drug-likeness (QED) is 0.530. The lowest BCUT2D eigenvalue weighted by Gasteiger charge is -2.11. The van der Waals surface area contributed by atoms with Crippen LogP contribution in [0.2, 0.25) is 0 Å². The molecule has 2 aromatic rings. The summed E-state index contributed by atoms with van der Waals surface area (Å²) in [6.07, 6.45) is 0.240. The highest BCUT2D eigenvalue weighted by atomic mass is 79.9. The number of rotatable bonds is 6. The Kier molecular flexibility index (Phi) is 7.90. The summed E-state index contributed by atoms with van der Waals surface area (Å²) in [6.45, 7) is 6.07. The molecular weight excluding hydrogens is 375 g/mol. The molecule has 5 heteroatoms. The number of halogens is 1. The van der Waals surface area contributed by atoms with Gasteiger partial charge in [0.2, 0.25) is 8.03 Å². The second kappa shape index (κ2) is 9.17. The van der Waals surface area contributed by atoms with Gasteiger partial charge in [0.1, 0.15) is 0 Å². The lowest BCUT2D eigenvalue weighted by atomic mass is 10.1. The zero-order chi connectivity index (χ0) is 16.1. The van der Waals surface area contributed by atoms with Gasteiger partial charge < -0.3 is 4.52 Å². The Bertz CT molecular complexity index is 676. The molecule has 2 rings (SSSR count). The van der Waals surface area contributed by atoms with Gasteiger partial charge in [-0.15, -0.1) is 17.0 Å². The topological polar surface area (TPSA) is 43.4 Å². The molecule has 23 heavy (non-hydrogen) atoms. The normalized spacial score (nSPS) is 11.6. The second-order valence-corrected chi connectivity index (χ2v) is 6.81. The highest BCUT2D eigenvalue weighted by Crippen LogP contribution is 2.26. The van der Waals surface area contributed by atoms with Crippen molar-refractivity contribution in [2.24, 2.45) is 0 Å². The standard InChI is InChI=1S/C18H21O3P.BrH/c1-13-11-14(2)18(15(3)12-13)22(20)21-10-9-17(19)16-7-5-4-6-8-16;/h4-8,11-12,22H,9-10H2,1-3H3;1H. The van der Waals surface area contributed by atoms with E-state index in [-0.39, 0.29) is 35.8 Å². The van der Waals surface area contributed by atoms with Gasteiger partial charge in [0.25, 0.3) is 0 Å². The van der Waals surface area contributed by atoms with Crippen molar-refractivity contribution in [3.8, 4) is 0 Å². The first-order valence-electron chi connectivity index (χ1n) is 7.32. The van der Waals surface area contributed by atoms with Crippen LogP contribution in [0.1, 0.15) is 33.5 Å². The van der Waals surface area contributed by atoms with Crippen LogP contribution in [0.5, 0.6) is 0 Å². The molecular formula is C18H22BrO3P. The Morgan fingerprint density at radius 2 is 1.61 bits per heavy atom. The van der Waals surface area contributed by atoms with Crippen LogP contribution < -0.4 is 5.30 Å². The molecule has 1 atom stereocenters. The lowest BCUT2D eigenvalue weighted by Crippen LogP contribution is -2.10. The maximum absolute atomic E-state index is 12.4. The van der Waals surface area contributed by atoms with E-state index in [9.17, 15) is 9.36 Å². The second-order valence-electron chi connectivity index (χ2n) is 5.45. The summed E-state index contributed by atoms with van der Waals surface area (Å²) in [5.74, 6) is 0.00718. The van der Waals surface area contributed by atoms with Crippen molar-refractivity contribution in [2.45, 2.75) is 27.2 Å². The van der Waals surface area contributed by atoms with Crippen molar-refractivity contribution in [3.63, 3.8) is 0 Å². The first-order valence-corrected chi connectivity index (χ1v) is 8.64. The minimum Gasteiger partial charge on any atom is -0.327 e. The molecule has 0 amide bonds. The Labute approximate surface area is 148 Å². The summed E-state index contributed by atoms with van der Waals surface area (Å²) < 4.78 is 17.8. The molecule has 2 aromatic carbocycles. The predicted molar refractivity (Wildman–Crippen MR) is 101 cm³/mol. The van der Waals surface area contributed by atoms with E-state index >= 15 is 0 Å². The third kappa shape index (κ3) is 5.42. The van der Waals surface area contributed by atoms with E-state index in [1.54, 1.807) is 12.1 Å². The summed E-state index contributed by atoms with van der Waals surface area (Å²) in [5, 5.41) is 0.780. The molecule has 0 fully saturated rings. The first-order chi connectivity index (χ1) is 10.5. The Hall–Kier alpha value is -1.22. The molecule has 0 saturated carbocycles. The Morgan fingerprint density at radius 3 is 2.17 bits per heavy atom. The van der Waals surface area contributed by atoms with Crippen molar-refractivity contribution in [1.82, 2.24) is 0 Å². The molecule has 0 aliphatic heterocycles. The summed E-state index contributed by atoms with van der Waals surface area (Å²) >= 11 is 0.